The first-order valence-electron chi connectivity index (χ1n) is 8.25. The molecule has 0 aliphatic rings. The molecule has 0 fully saturated rings. The van der Waals surface area contributed by atoms with Crippen LogP contribution >= 0.6 is 0 Å². The molecule has 5 nitrogen and oxygen atoms in total. The normalized spacial score (nSPS) is 12.5. The molecule has 1 amide bonds. The van der Waals surface area contributed by atoms with E-state index in [0.29, 0.717) is 6.54 Å². The van der Waals surface area contributed by atoms with Crippen molar-refractivity contribution in [2.24, 2.45) is 0 Å². The number of carbonyl (C=O) groups excluding carboxylic acids is 1. The Morgan fingerprint density at radius 2 is 1.67 bits per heavy atom. The molecule has 0 aromatic heterocycles. The molecule has 0 bridgehead atoms. The number of likely N-dealkylation sites (N-methyl/N-ethyl adjacent to an activating group) is 1. The molecule has 0 radical (unpaired) electrons. The number of sulfonamides is 1. The Morgan fingerprint density at radius 1 is 1.07 bits per heavy atom. The second-order valence-electron chi connectivity index (χ2n) is 6.51. The molecular weight excluding hydrogens is 374 g/mol. The lowest BCUT2D eigenvalue weighted by Gasteiger charge is -2.31. The SMILES string of the molecule is Cc1ccc(CN(C)C(=O)C(C)N(c2ccc(F)c(F)c2)S(C)(=O)=O)cc1. The summed E-state index contributed by atoms with van der Waals surface area (Å²) < 4.78 is 52.0. The first-order chi connectivity index (χ1) is 12.5. The van der Waals surface area contributed by atoms with Crippen LogP contribution in [0.1, 0.15) is 18.1 Å². The zero-order valence-corrected chi connectivity index (χ0v) is 16.4. The van der Waals surface area contributed by atoms with Crippen LogP contribution in [0.4, 0.5) is 14.5 Å². The average Bonchev–Trinajstić information content (AvgIpc) is 2.58. The molecular formula is C19H22F2N2O3S. The molecule has 146 valence electrons. The number of nitrogens with zero attached hydrogens (tertiary/aromatic N) is 2. The van der Waals surface area contributed by atoms with Gasteiger partial charge >= 0.3 is 0 Å². The fourth-order valence-electron chi connectivity index (χ4n) is 2.79. The number of hydrogen-bond acceptors (Lipinski definition) is 3. The van der Waals surface area contributed by atoms with Crippen LogP contribution in [0.3, 0.4) is 0 Å². The third-order valence-electron chi connectivity index (χ3n) is 4.14. The summed E-state index contributed by atoms with van der Waals surface area (Å²) in [6.07, 6.45) is 0.915. The zero-order chi connectivity index (χ0) is 20.4. The van der Waals surface area contributed by atoms with E-state index < -0.39 is 33.6 Å². The standard InChI is InChI=1S/C19H22F2N2O3S/c1-13-5-7-15(8-6-13)12-22(3)19(24)14(2)23(27(4,25)26)16-9-10-17(20)18(21)11-16/h5-11,14H,12H2,1-4H3. The second kappa shape index (κ2) is 8.04. The number of anilines is 1. The minimum absolute atomic E-state index is 0.110. The summed E-state index contributed by atoms with van der Waals surface area (Å²) in [5.41, 5.74) is 1.87. The van der Waals surface area contributed by atoms with E-state index in [1.165, 1.54) is 11.8 Å². The Hall–Kier alpha value is -2.48. The number of amides is 1. The van der Waals surface area contributed by atoms with Gasteiger partial charge in [-0.05, 0) is 31.5 Å². The highest BCUT2D eigenvalue weighted by molar-refractivity contribution is 7.92. The Kier molecular flexibility index (Phi) is 6.20. The molecule has 1 unspecified atom stereocenters. The molecule has 0 spiro atoms. The highest BCUT2D eigenvalue weighted by atomic mass is 32.2. The van der Waals surface area contributed by atoms with Crippen LogP contribution in [0.2, 0.25) is 0 Å². The maximum Gasteiger partial charge on any atom is 0.246 e. The molecule has 1 atom stereocenters. The Bertz CT molecular complexity index is 930. The van der Waals surface area contributed by atoms with Crippen molar-refractivity contribution < 1.29 is 22.0 Å². The number of aryl methyl sites for hydroxylation is 1. The molecule has 0 heterocycles. The highest BCUT2D eigenvalue weighted by Gasteiger charge is 2.31. The van der Waals surface area contributed by atoms with Crippen LogP contribution in [0.15, 0.2) is 42.5 Å². The lowest BCUT2D eigenvalue weighted by molar-refractivity contribution is -0.131. The van der Waals surface area contributed by atoms with Crippen molar-refractivity contribution >= 4 is 21.6 Å². The highest BCUT2D eigenvalue weighted by Crippen LogP contribution is 2.24. The molecule has 0 saturated carbocycles. The lowest BCUT2D eigenvalue weighted by Crippen LogP contribution is -2.48. The van der Waals surface area contributed by atoms with Crippen molar-refractivity contribution in [2.75, 3.05) is 17.6 Å². The summed E-state index contributed by atoms with van der Waals surface area (Å²) in [4.78, 5) is 14.2. The molecule has 2 aromatic carbocycles. The Balaban J connectivity index is 2.28. The number of hydrogen-bond donors (Lipinski definition) is 0. The predicted molar refractivity (Wildman–Crippen MR) is 101 cm³/mol. The second-order valence-corrected chi connectivity index (χ2v) is 8.37. The first kappa shape index (κ1) is 20.8. The zero-order valence-electron chi connectivity index (χ0n) is 15.6. The molecule has 0 aliphatic carbocycles. The monoisotopic (exact) mass is 396 g/mol. The minimum Gasteiger partial charge on any atom is -0.340 e. The lowest BCUT2D eigenvalue weighted by atomic mass is 10.1. The molecule has 2 rings (SSSR count). The molecule has 2 aromatic rings. The van der Waals surface area contributed by atoms with Gasteiger partial charge in [0.1, 0.15) is 6.04 Å². The molecule has 8 heteroatoms. The van der Waals surface area contributed by atoms with Crippen molar-refractivity contribution in [3.05, 3.63) is 65.2 Å². The number of carbonyl (C=O) groups is 1. The van der Waals surface area contributed by atoms with Crippen molar-refractivity contribution in [1.29, 1.82) is 0 Å². The Labute approximate surface area is 158 Å². The quantitative estimate of drug-likeness (QED) is 0.754. The number of rotatable bonds is 6. The molecule has 0 N–H and O–H groups in total. The number of benzene rings is 2. The average molecular weight is 396 g/mol. The third-order valence-corrected chi connectivity index (χ3v) is 5.38. The summed E-state index contributed by atoms with van der Waals surface area (Å²) in [7, 11) is -2.35. The van der Waals surface area contributed by atoms with E-state index in [2.05, 4.69) is 0 Å². The van der Waals surface area contributed by atoms with Crippen LogP contribution < -0.4 is 4.31 Å². The van der Waals surface area contributed by atoms with Crippen molar-refractivity contribution in [3.8, 4) is 0 Å². The van der Waals surface area contributed by atoms with E-state index in [1.54, 1.807) is 7.05 Å². The summed E-state index contributed by atoms with van der Waals surface area (Å²) in [6, 6.07) is 9.20. The fourth-order valence-corrected chi connectivity index (χ4v) is 3.95. The van der Waals surface area contributed by atoms with Gasteiger partial charge in [0, 0.05) is 19.7 Å². The maximum absolute atomic E-state index is 13.6. The van der Waals surface area contributed by atoms with Crippen LogP contribution in [-0.4, -0.2) is 38.6 Å². The van der Waals surface area contributed by atoms with Gasteiger partial charge in [0.15, 0.2) is 11.6 Å². The largest absolute Gasteiger partial charge is 0.340 e. The van der Waals surface area contributed by atoms with Crippen molar-refractivity contribution in [2.45, 2.75) is 26.4 Å². The minimum atomic E-state index is -3.91. The van der Waals surface area contributed by atoms with Crippen LogP contribution in [-0.2, 0) is 21.4 Å². The molecule has 0 aliphatic heterocycles. The molecule has 27 heavy (non-hydrogen) atoms. The van der Waals surface area contributed by atoms with Gasteiger partial charge < -0.3 is 4.90 Å². The van der Waals surface area contributed by atoms with E-state index in [1.807, 2.05) is 31.2 Å². The van der Waals surface area contributed by atoms with Crippen molar-refractivity contribution in [3.63, 3.8) is 0 Å². The van der Waals surface area contributed by atoms with E-state index in [0.717, 1.165) is 39.9 Å². The summed E-state index contributed by atoms with van der Waals surface area (Å²) >= 11 is 0. The van der Waals surface area contributed by atoms with Gasteiger partial charge in [0.05, 0.1) is 11.9 Å². The van der Waals surface area contributed by atoms with Gasteiger partial charge in [0.25, 0.3) is 0 Å². The summed E-state index contributed by atoms with van der Waals surface area (Å²) in [5.74, 6) is -2.75. The van der Waals surface area contributed by atoms with E-state index in [9.17, 15) is 22.0 Å². The van der Waals surface area contributed by atoms with Crippen molar-refractivity contribution in [1.82, 2.24) is 4.90 Å². The van der Waals surface area contributed by atoms with Gasteiger partial charge in [-0.25, -0.2) is 17.2 Å². The summed E-state index contributed by atoms with van der Waals surface area (Å²) in [5, 5.41) is 0. The van der Waals surface area contributed by atoms with Gasteiger partial charge in [-0.15, -0.1) is 0 Å². The maximum atomic E-state index is 13.6. The van der Waals surface area contributed by atoms with E-state index in [-0.39, 0.29) is 5.69 Å². The van der Waals surface area contributed by atoms with Crippen LogP contribution in [0.5, 0.6) is 0 Å². The van der Waals surface area contributed by atoms with Crippen LogP contribution in [0, 0.1) is 18.6 Å². The molecule has 0 saturated heterocycles. The predicted octanol–water partition coefficient (Wildman–Crippen LogP) is 3.09. The number of halogens is 2. The van der Waals surface area contributed by atoms with Gasteiger partial charge in [0.2, 0.25) is 15.9 Å². The van der Waals surface area contributed by atoms with Crippen LogP contribution in [0.25, 0.3) is 0 Å². The van der Waals surface area contributed by atoms with E-state index in [4.69, 9.17) is 0 Å². The third kappa shape index (κ3) is 5.03. The summed E-state index contributed by atoms with van der Waals surface area (Å²) in [6.45, 7) is 3.65. The Morgan fingerprint density at radius 3 is 2.19 bits per heavy atom. The fraction of sp³-hybridized carbons (Fsp3) is 0.316. The smallest absolute Gasteiger partial charge is 0.246 e. The first-order valence-corrected chi connectivity index (χ1v) is 10.1. The van der Waals surface area contributed by atoms with E-state index >= 15 is 0 Å². The topological polar surface area (TPSA) is 57.7 Å². The van der Waals surface area contributed by atoms with Gasteiger partial charge in [-0.2, -0.15) is 0 Å². The van der Waals surface area contributed by atoms with Gasteiger partial charge in [-0.1, -0.05) is 29.8 Å². The van der Waals surface area contributed by atoms with Gasteiger partial charge in [-0.3, -0.25) is 9.10 Å².